The van der Waals surface area contributed by atoms with Gasteiger partial charge < -0.3 is 9.80 Å². The molecule has 31 heavy (non-hydrogen) atoms. The van der Waals surface area contributed by atoms with Gasteiger partial charge in [0.25, 0.3) is 5.91 Å². The number of aryl methyl sites for hydroxylation is 1. The minimum atomic E-state index is -0.0275. The van der Waals surface area contributed by atoms with Crippen LogP contribution in [0.4, 0.5) is 0 Å². The number of amides is 2. The zero-order chi connectivity index (χ0) is 21.8. The smallest absolute Gasteiger partial charge is 0.257 e. The monoisotopic (exact) mass is 416 g/mol. The molecule has 1 saturated heterocycles. The Morgan fingerprint density at radius 3 is 2.29 bits per heavy atom. The molecule has 2 heterocycles. The van der Waals surface area contributed by atoms with Crippen LogP contribution in [0.3, 0.4) is 0 Å². The molecule has 0 aliphatic carbocycles. The van der Waals surface area contributed by atoms with Crippen LogP contribution in [-0.2, 0) is 11.3 Å². The summed E-state index contributed by atoms with van der Waals surface area (Å²) >= 11 is 0. The minimum Gasteiger partial charge on any atom is -0.341 e. The van der Waals surface area contributed by atoms with Gasteiger partial charge in [-0.1, -0.05) is 60.2 Å². The predicted molar refractivity (Wildman–Crippen MR) is 121 cm³/mol. The highest BCUT2D eigenvalue weighted by Gasteiger charge is 2.25. The van der Waals surface area contributed by atoms with Gasteiger partial charge in [-0.05, 0) is 18.9 Å². The van der Waals surface area contributed by atoms with E-state index in [0.29, 0.717) is 44.0 Å². The van der Waals surface area contributed by atoms with E-state index >= 15 is 0 Å². The van der Waals surface area contributed by atoms with E-state index in [-0.39, 0.29) is 11.8 Å². The molecular formula is C25H28N4O2. The van der Waals surface area contributed by atoms with Gasteiger partial charge in [-0.3, -0.25) is 14.3 Å². The van der Waals surface area contributed by atoms with Crippen molar-refractivity contribution in [1.29, 1.82) is 0 Å². The number of benzene rings is 2. The van der Waals surface area contributed by atoms with Gasteiger partial charge in [-0.25, -0.2) is 0 Å². The van der Waals surface area contributed by atoms with Crippen molar-refractivity contribution in [2.45, 2.75) is 26.8 Å². The number of carbonyl (C=O) groups excluding carboxylic acids is 2. The van der Waals surface area contributed by atoms with E-state index in [4.69, 9.17) is 5.10 Å². The maximum Gasteiger partial charge on any atom is 0.257 e. The van der Waals surface area contributed by atoms with Gasteiger partial charge in [0.2, 0.25) is 5.91 Å². The Morgan fingerprint density at radius 2 is 1.58 bits per heavy atom. The lowest BCUT2D eigenvalue weighted by molar-refractivity contribution is -0.128. The van der Waals surface area contributed by atoms with Crippen molar-refractivity contribution in [2.24, 2.45) is 0 Å². The Hall–Kier alpha value is -3.41. The molecule has 1 aromatic heterocycles. The first-order valence-corrected chi connectivity index (χ1v) is 10.7. The second kappa shape index (κ2) is 9.16. The third-order valence-corrected chi connectivity index (χ3v) is 5.73. The SMILES string of the molecule is CC(=O)N1CCCN(C(=O)c2cn(Cc3ccccc3)nc2-c2ccc(C)cc2)CC1. The fourth-order valence-corrected chi connectivity index (χ4v) is 3.96. The Kier molecular flexibility index (Phi) is 6.16. The average molecular weight is 417 g/mol. The van der Waals surface area contributed by atoms with Gasteiger partial charge in [0, 0.05) is 44.9 Å². The molecule has 0 saturated carbocycles. The largest absolute Gasteiger partial charge is 0.341 e. The van der Waals surface area contributed by atoms with Crippen LogP contribution in [0.5, 0.6) is 0 Å². The van der Waals surface area contributed by atoms with Crippen molar-refractivity contribution in [3.05, 3.63) is 77.5 Å². The summed E-state index contributed by atoms with van der Waals surface area (Å²) in [4.78, 5) is 28.9. The first-order chi connectivity index (χ1) is 15.0. The van der Waals surface area contributed by atoms with Crippen molar-refractivity contribution < 1.29 is 9.59 Å². The maximum atomic E-state index is 13.5. The summed E-state index contributed by atoms with van der Waals surface area (Å²) in [6, 6.07) is 18.2. The van der Waals surface area contributed by atoms with E-state index < -0.39 is 0 Å². The average Bonchev–Trinajstić information content (AvgIpc) is 3.02. The summed E-state index contributed by atoms with van der Waals surface area (Å²) in [6.45, 7) is 6.67. The lowest BCUT2D eigenvalue weighted by Crippen LogP contribution is -2.36. The number of nitrogens with zero attached hydrogens (tertiary/aromatic N) is 4. The summed E-state index contributed by atoms with van der Waals surface area (Å²) in [5, 5.41) is 4.79. The van der Waals surface area contributed by atoms with E-state index in [1.54, 1.807) is 6.92 Å². The molecule has 0 bridgehead atoms. The molecule has 0 unspecified atom stereocenters. The zero-order valence-electron chi connectivity index (χ0n) is 18.1. The summed E-state index contributed by atoms with van der Waals surface area (Å²) in [7, 11) is 0. The standard InChI is InChI=1S/C25H28N4O2/c1-19-9-11-22(12-10-19)24-23(18-29(26-24)17-21-7-4-3-5-8-21)25(31)28-14-6-13-27(15-16-28)20(2)30/h3-5,7-12,18H,6,13-17H2,1-2H3. The van der Waals surface area contributed by atoms with E-state index in [2.05, 4.69) is 12.1 Å². The molecule has 0 atom stereocenters. The maximum absolute atomic E-state index is 13.5. The summed E-state index contributed by atoms with van der Waals surface area (Å²) in [5.74, 6) is 0.0330. The predicted octanol–water partition coefficient (Wildman–Crippen LogP) is 3.60. The number of hydrogen-bond acceptors (Lipinski definition) is 3. The minimum absolute atomic E-state index is 0.0275. The molecule has 160 valence electrons. The first-order valence-electron chi connectivity index (χ1n) is 10.7. The van der Waals surface area contributed by atoms with Crippen LogP contribution >= 0.6 is 0 Å². The third kappa shape index (κ3) is 4.85. The summed E-state index contributed by atoms with van der Waals surface area (Å²) < 4.78 is 1.84. The Morgan fingerprint density at radius 1 is 0.903 bits per heavy atom. The highest BCUT2D eigenvalue weighted by atomic mass is 16.2. The van der Waals surface area contributed by atoms with Gasteiger partial charge in [-0.15, -0.1) is 0 Å². The molecule has 1 aliphatic rings. The second-order valence-electron chi connectivity index (χ2n) is 8.09. The Labute approximate surface area is 183 Å². The van der Waals surface area contributed by atoms with E-state index in [1.165, 1.54) is 0 Å². The van der Waals surface area contributed by atoms with Crippen molar-refractivity contribution in [3.8, 4) is 11.3 Å². The van der Waals surface area contributed by atoms with Crippen LogP contribution in [0.15, 0.2) is 60.8 Å². The summed E-state index contributed by atoms with van der Waals surface area (Å²) in [6.07, 6.45) is 2.64. The first kappa shape index (κ1) is 20.8. The molecule has 3 aromatic rings. The third-order valence-electron chi connectivity index (χ3n) is 5.73. The molecule has 2 aromatic carbocycles. The fraction of sp³-hybridized carbons (Fsp3) is 0.320. The van der Waals surface area contributed by atoms with Crippen LogP contribution in [0.2, 0.25) is 0 Å². The van der Waals surface area contributed by atoms with Gasteiger partial charge in [-0.2, -0.15) is 5.10 Å². The molecule has 1 aliphatic heterocycles. The number of hydrogen-bond donors (Lipinski definition) is 0. The molecular weight excluding hydrogens is 388 g/mol. The van der Waals surface area contributed by atoms with Crippen LogP contribution in [0, 0.1) is 6.92 Å². The van der Waals surface area contributed by atoms with Gasteiger partial charge in [0.05, 0.1) is 12.1 Å². The van der Waals surface area contributed by atoms with Crippen molar-refractivity contribution in [2.75, 3.05) is 26.2 Å². The topological polar surface area (TPSA) is 58.4 Å². The second-order valence-corrected chi connectivity index (χ2v) is 8.09. The van der Waals surface area contributed by atoms with E-state index in [1.807, 2.05) is 70.1 Å². The fourth-order valence-electron chi connectivity index (χ4n) is 3.96. The molecule has 0 spiro atoms. The van der Waals surface area contributed by atoms with Crippen LogP contribution in [-0.4, -0.2) is 57.6 Å². The molecule has 0 radical (unpaired) electrons. The Balaban J connectivity index is 1.65. The van der Waals surface area contributed by atoms with Crippen LogP contribution in [0.25, 0.3) is 11.3 Å². The quantitative estimate of drug-likeness (QED) is 0.653. The van der Waals surface area contributed by atoms with E-state index in [0.717, 1.165) is 23.1 Å². The highest BCUT2D eigenvalue weighted by molar-refractivity contribution is 6.00. The number of aromatic nitrogens is 2. The van der Waals surface area contributed by atoms with E-state index in [9.17, 15) is 9.59 Å². The Bertz CT molecular complexity index is 1060. The van der Waals surface area contributed by atoms with Crippen LogP contribution < -0.4 is 0 Å². The molecule has 0 N–H and O–H groups in total. The molecule has 6 heteroatoms. The lowest BCUT2D eigenvalue weighted by atomic mass is 10.1. The summed E-state index contributed by atoms with van der Waals surface area (Å²) in [5.41, 5.74) is 4.54. The normalized spacial score (nSPS) is 14.4. The highest BCUT2D eigenvalue weighted by Crippen LogP contribution is 2.25. The van der Waals surface area contributed by atoms with Crippen molar-refractivity contribution in [3.63, 3.8) is 0 Å². The van der Waals surface area contributed by atoms with Crippen molar-refractivity contribution in [1.82, 2.24) is 19.6 Å². The molecule has 1 fully saturated rings. The van der Waals surface area contributed by atoms with Gasteiger partial charge >= 0.3 is 0 Å². The molecule has 4 rings (SSSR count). The molecule has 6 nitrogen and oxygen atoms in total. The number of rotatable bonds is 4. The number of carbonyl (C=O) groups is 2. The van der Waals surface area contributed by atoms with Crippen LogP contribution in [0.1, 0.15) is 34.8 Å². The zero-order valence-corrected chi connectivity index (χ0v) is 18.1. The lowest BCUT2D eigenvalue weighted by Gasteiger charge is -2.21. The molecule has 2 amide bonds. The van der Waals surface area contributed by atoms with Crippen molar-refractivity contribution >= 4 is 11.8 Å². The van der Waals surface area contributed by atoms with Gasteiger partial charge in [0.1, 0.15) is 5.69 Å². The van der Waals surface area contributed by atoms with Gasteiger partial charge in [0.15, 0.2) is 0 Å².